The number of nitrogens with one attached hydrogen (secondary N) is 2. The fourth-order valence-electron chi connectivity index (χ4n) is 2.84. The van der Waals surface area contributed by atoms with Crippen LogP contribution in [0, 0.1) is 6.92 Å². The molecule has 1 aliphatic heterocycles. The summed E-state index contributed by atoms with van der Waals surface area (Å²) in [4.78, 5) is 25.4. The molecule has 3 rings (SSSR count). The highest BCUT2D eigenvalue weighted by molar-refractivity contribution is 7.90. The molecule has 0 saturated heterocycles. The lowest BCUT2D eigenvalue weighted by atomic mass is 10.1. The van der Waals surface area contributed by atoms with Crippen molar-refractivity contribution in [1.29, 1.82) is 0 Å². The van der Waals surface area contributed by atoms with Gasteiger partial charge in [-0.1, -0.05) is 23.8 Å². The summed E-state index contributed by atoms with van der Waals surface area (Å²) >= 11 is 0. The predicted molar refractivity (Wildman–Crippen MR) is 98.7 cm³/mol. The van der Waals surface area contributed by atoms with Crippen LogP contribution in [0.4, 0.5) is 16.2 Å². The number of rotatable bonds is 3. The quantitative estimate of drug-likeness (QED) is 0.864. The van der Waals surface area contributed by atoms with Gasteiger partial charge in [-0.3, -0.25) is 4.79 Å². The van der Waals surface area contributed by atoms with Crippen LogP contribution in [-0.2, 0) is 21.2 Å². The zero-order valence-corrected chi connectivity index (χ0v) is 15.3. The second-order valence-electron chi connectivity index (χ2n) is 6.14. The minimum atomic E-state index is -3.96. The predicted octanol–water partition coefficient (Wildman–Crippen LogP) is 2.41. The van der Waals surface area contributed by atoms with Gasteiger partial charge < -0.3 is 10.2 Å². The number of hydrogen-bond acceptors (Lipinski definition) is 4. The van der Waals surface area contributed by atoms with E-state index in [1.54, 1.807) is 29.2 Å². The maximum Gasteiger partial charge on any atom is 0.333 e. The van der Waals surface area contributed by atoms with Crippen LogP contribution in [0.15, 0.2) is 47.4 Å². The van der Waals surface area contributed by atoms with E-state index in [0.29, 0.717) is 12.2 Å². The van der Waals surface area contributed by atoms with Crippen molar-refractivity contribution < 1.29 is 18.0 Å². The topological polar surface area (TPSA) is 95.6 Å². The van der Waals surface area contributed by atoms with Crippen LogP contribution in [0.5, 0.6) is 0 Å². The Labute approximate surface area is 152 Å². The number of nitrogens with zero attached hydrogens (tertiary/aromatic N) is 1. The van der Waals surface area contributed by atoms with Gasteiger partial charge in [0.25, 0.3) is 10.0 Å². The van der Waals surface area contributed by atoms with Crippen LogP contribution in [0.1, 0.15) is 18.1 Å². The molecule has 3 amide bonds. The Bertz CT molecular complexity index is 968. The Morgan fingerprint density at radius 2 is 1.77 bits per heavy atom. The van der Waals surface area contributed by atoms with Gasteiger partial charge >= 0.3 is 6.03 Å². The van der Waals surface area contributed by atoms with E-state index in [2.05, 4.69) is 5.32 Å². The van der Waals surface area contributed by atoms with E-state index in [-0.39, 0.29) is 10.8 Å². The molecule has 8 heteroatoms. The van der Waals surface area contributed by atoms with Gasteiger partial charge in [-0.25, -0.2) is 17.9 Å². The van der Waals surface area contributed by atoms with Gasteiger partial charge in [0.15, 0.2) is 0 Å². The Hall–Kier alpha value is -2.87. The molecule has 0 fully saturated rings. The van der Waals surface area contributed by atoms with Crippen LogP contribution in [-0.4, -0.2) is 26.9 Å². The molecule has 26 heavy (non-hydrogen) atoms. The summed E-state index contributed by atoms with van der Waals surface area (Å²) in [6.07, 6.45) is 0.753. The standard InChI is InChI=1S/C18H19N3O4S/c1-12-3-7-16(8-4-12)26(24,25)20-18(23)19-15-6-5-14-9-10-21(13(2)22)17(14)11-15/h3-8,11H,9-10H2,1-2H3,(H2,19,20,23). The minimum Gasteiger partial charge on any atom is -0.312 e. The number of amides is 3. The molecule has 0 radical (unpaired) electrons. The fourth-order valence-corrected chi connectivity index (χ4v) is 3.75. The van der Waals surface area contributed by atoms with Gasteiger partial charge in [0.05, 0.1) is 4.90 Å². The van der Waals surface area contributed by atoms with Gasteiger partial charge in [0.1, 0.15) is 0 Å². The molecule has 0 saturated carbocycles. The second kappa shape index (κ2) is 6.80. The maximum absolute atomic E-state index is 12.2. The van der Waals surface area contributed by atoms with E-state index < -0.39 is 16.1 Å². The Kier molecular flexibility index (Phi) is 4.69. The van der Waals surface area contributed by atoms with Gasteiger partial charge in [0.2, 0.25) is 5.91 Å². The van der Waals surface area contributed by atoms with Crippen molar-refractivity contribution in [3.8, 4) is 0 Å². The lowest BCUT2D eigenvalue weighted by Crippen LogP contribution is -2.34. The van der Waals surface area contributed by atoms with Crippen LogP contribution in [0.25, 0.3) is 0 Å². The molecule has 0 aliphatic carbocycles. The normalized spacial score (nSPS) is 13.2. The van der Waals surface area contributed by atoms with Crippen molar-refractivity contribution >= 4 is 33.3 Å². The molecule has 0 aromatic heterocycles. The van der Waals surface area contributed by atoms with Crippen molar-refractivity contribution in [2.75, 3.05) is 16.8 Å². The molecule has 1 aliphatic rings. The number of urea groups is 1. The highest BCUT2D eigenvalue weighted by Crippen LogP contribution is 2.30. The monoisotopic (exact) mass is 373 g/mol. The summed E-state index contributed by atoms with van der Waals surface area (Å²) < 4.78 is 26.5. The number of hydrogen-bond donors (Lipinski definition) is 2. The van der Waals surface area contributed by atoms with Crippen LogP contribution < -0.4 is 14.9 Å². The van der Waals surface area contributed by atoms with Crippen molar-refractivity contribution in [2.45, 2.75) is 25.2 Å². The molecule has 2 aromatic rings. The summed E-state index contributed by atoms with van der Waals surface area (Å²) in [6.45, 7) is 3.92. The third-order valence-electron chi connectivity index (χ3n) is 4.18. The smallest absolute Gasteiger partial charge is 0.312 e. The highest BCUT2D eigenvalue weighted by atomic mass is 32.2. The van der Waals surface area contributed by atoms with Gasteiger partial charge in [-0.2, -0.15) is 0 Å². The summed E-state index contributed by atoms with van der Waals surface area (Å²) in [5, 5.41) is 2.50. The third-order valence-corrected chi connectivity index (χ3v) is 5.52. The molecular weight excluding hydrogens is 354 g/mol. The van der Waals surface area contributed by atoms with Crippen LogP contribution in [0.2, 0.25) is 0 Å². The fraction of sp³-hybridized carbons (Fsp3) is 0.222. The highest BCUT2D eigenvalue weighted by Gasteiger charge is 2.23. The van der Waals surface area contributed by atoms with E-state index in [0.717, 1.165) is 23.2 Å². The number of aryl methyl sites for hydroxylation is 1. The first-order valence-corrected chi connectivity index (χ1v) is 9.56. The Morgan fingerprint density at radius 3 is 2.42 bits per heavy atom. The molecule has 0 spiro atoms. The zero-order chi connectivity index (χ0) is 18.9. The minimum absolute atomic E-state index is 0.00922. The zero-order valence-electron chi connectivity index (χ0n) is 14.4. The number of carbonyl (C=O) groups is 2. The average molecular weight is 373 g/mol. The summed E-state index contributed by atoms with van der Waals surface area (Å²) in [5.41, 5.74) is 3.07. The van der Waals surface area contributed by atoms with Gasteiger partial charge in [-0.05, 0) is 43.2 Å². The summed E-state index contributed by atoms with van der Waals surface area (Å²) in [6, 6.07) is 10.5. The van der Waals surface area contributed by atoms with Crippen molar-refractivity contribution in [3.05, 3.63) is 53.6 Å². The number of carbonyl (C=O) groups excluding carboxylic acids is 2. The first kappa shape index (κ1) is 17.9. The Morgan fingerprint density at radius 1 is 1.08 bits per heavy atom. The van der Waals surface area contributed by atoms with Crippen molar-refractivity contribution in [1.82, 2.24) is 4.72 Å². The third kappa shape index (κ3) is 3.70. The number of fused-ring (bicyclic) bond motifs is 1. The average Bonchev–Trinajstić information content (AvgIpc) is 2.98. The number of benzene rings is 2. The molecule has 1 heterocycles. The molecule has 0 unspecified atom stereocenters. The molecular formula is C18H19N3O4S. The lowest BCUT2D eigenvalue weighted by molar-refractivity contribution is -0.116. The first-order chi connectivity index (χ1) is 12.3. The second-order valence-corrected chi connectivity index (χ2v) is 7.82. The number of sulfonamides is 1. The van der Waals surface area contributed by atoms with E-state index in [9.17, 15) is 18.0 Å². The molecule has 0 atom stereocenters. The van der Waals surface area contributed by atoms with E-state index in [1.807, 2.05) is 17.7 Å². The molecule has 7 nitrogen and oxygen atoms in total. The maximum atomic E-state index is 12.2. The molecule has 136 valence electrons. The molecule has 2 aromatic carbocycles. The van der Waals surface area contributed by atoms with Crippen molar-refractivity contribution in [3.63, 3.8) is 0 Å². The van der Waals surface area contributed by atoms with Crippen molar-refractivity contribution in [2.24, 2.45) is 0 Å². The first-order valence-electron chi connectivity index (χ1n) is 8.08. The summed E-state index contributed by atoms with van der Waals surface area (Å²) in [5.74, 6) is -0.0766. The van der Waals surface area contributed by atoms with Gasteiger partial charge in [-0.15, -0.1) is 0 Å². The SMILES string of the molecule is CC(=O)N1CCc2ccc(NC(=O)NS(=O)(=O)c3ccc(C)cc3)cc21. The van der Waals surface area contributed by atoms with Crippen LogP contribution in [0.3, 0.4) is 0 Å². The molecule has 2 N–H and O–H groups in total. The van der Waals surface area contributed by atoms with E-state index >= 15 is 0 Å². The Balaban J connectivity index is 1.74. The van der Waals surface area contributed by atoms with Crippen LogP contribution >= 0.6 is 0 Å². The molecule has 0 bridgehead atoms. The largest absolute Gasteiger partial charge is 0.333 e. The van der Waals surface area contributed by atoms with E-state index in [4.69, 9.17) is 0 Å². The number of anilines is 2. The summed E-state index contributed by atoms with van der Waals surface area (Å²) in [7, 11) is -3.96. The van der Waals surface area contributed by atoms with Gasteiger partial charge in [0, 0.05) is 24.8 Å². The van der Waals surface area contributed by atoms with E-state index in [1.165, 1.54) is 19.1 Å². The lowest BCUT2D eigenvalue weighted by Gasteiger charge is -2.16.